The summed E-state index contributed by atoms with van der Waals surface area (Å²) in [5, 5.41) is 2.94. The maximum absolute atomic E-state index is 12.6. The molecule has 0 fully saturated rings. The van der Waals surface area contributed by atoms with Crippen molar-refractivity contribution in [3.8, 4) is 0 Å². The Bertz CT molecular complexity index is 819. The van der Waals surface area contributed by atoms with Gasteiger partial charge in [0.25, 0.3) is 0 Å². The summed E-state index contributed by atoms with van der Waals surface area (Å²) in [7, 11) is 1.79. The van der Waals surface area contributed by atoms with E-state index < -0.39 is 0 Å². The van der Waals surface area contributed by atoms with Crippen LogP contribution in [0.15, 0.2) is 46.9 Å². The van der Waals surface area contributed by atoms with Gasteiger partial charge in [-0.2, -0.15) is 0 Å². The highest BCUT2D eigenvalue weighted by Crippen LogP contribution is 2.28. The van der Waals surface area contributed by atoms with Crippen molar-refractivity contribution in [2.45, 2.75) is 26.2 Å². The number of para-hydroxylation sites is 1. The Morgan fingerprint density at radius 3 is 2.80 bits per heavy atom. The molecule has 0 aliphatic carbocycles. The van der Waals surface area contributed by atoms with E-state index in [1.165, 1.54) is 0 Å². The average Bonchev–Trinajstić information content (AvgIpc) is 2.59. The van der Waals surface area contributed by atoms with Crippen molar-refractivity contribution in [2.75, 3.05) is 17.3 Å². The number of nitrogens with one attached hydrogen (secondary N) is 1. The monoisotopic (exact) mass is 400 g/mol. The lowest BCUT2D eigenvalue weighted by Crippen LogP contribution is -2.32. The number of fused-ring (bicyclic) bond motifs is 1. The largest absolute Gasteiger partial charge is 0.326 e. The second kappa shape index (κ2) is 7.40. The molecule has 1 N–H and O–H groups in total. The molecule has 25 heavy (non-hydrogen) atoms. The maximum Gasteiger partial charge on any atom is 0.227 e. The molecule has 0 radical (unpaired) electrons. The molecule has 5 heteroatoms. The van der Waals surface area contributed by atoms with Crippen LogP contribution in [0.25, 0.3) is 0 Å². The van der Waals surface area contributed by atoms with Crippen LogP contribution in [0.1, 0.15) is 24.0 Å². The van der Waals surface area contributed by atoms with Crippen molar-refractivity contribution in [3.63, 3.8) is 0 Å². The minimum Gasteiger partial charge on any atom is -0.326 e. The lowest BCUT2D eigenvalue weighted by Gasteiger charge is -2.25. The molecule has 1 atom stereocenters. The number of carbonyl (C=O) groups is 2. The third kappa shape index (κ3) is 3.93. The molecule has 0 saturated carbocycles. The summed E-state index contributed by atoms with van der Waals surface area (Å²) in [6, 6.07) is 13.7. The summed E-state index contributed by atoms with van der Waals surface area (Å²) >= 11 is 3.44. The maximum atomic E-state index is 12.6. The van der Waals surface area contributed by atoms with E-state index in [-0.39, 0.29) is 17.7 Å². The summed E-state index contributed by atoms with van der Waals surface area (Å²) < 4.78 is 0.993. The predicted molar refractivity (Wildman–Crippen MR) is 104 cm³/mol. The zero-order valence-electron chi connectivity index (χ0n) is 14.4. The highest BCUT2D eigenvalue weighted by atomic mass is 79.9. The molecule has 130 valence electrons. The molecule has 4 nitrogen and oxygen atoms in total. The summed E-state index contributed by atoms with van der Waals surface area (Å²) in [6.07, 6.45) is 1.60. The normalized spacial score (nSPS) is 16.1. The molecule has 2 aromatic carbocycles. The topological polar surface area (TPSA) is 49.4 Å². The van der Waals surface area contributed by atoms with Crippen LogP contribution in [0.2, 0.25) is 0 Å². The number of carbonyl (C=O) groups excluding carboxylic acids is 2. The molecule has 0 bridgehead atoms. The number of aryl methyl sites for hydroxylation is 1. The number of nitrogens with zero attached hydrogens (tertiary/aromatic N) is 1. The predicted octanol–water partition coefficient (Wildman–Crippen LogP) is 4.31. The zero-order chi connectivity index (χ0) is 18.0. The molecular formula is C20H21BrN2O2. The number of hydrogen-bond acceptors (Lipinski definition) is 2. The van der Waals surface area contributed by atoms with Crippen molar-refractivity contribution in [3.05, 3.63) is 58.1 Å². The molecule has 1 aliphatic rings. The van der Waals surface area contributed by atoms with Crippen molar-refractivity contribution in [2.24, 2.45) is 5.92 Å². The summed E-state index contributed by atoms with van der Waals surface area (Å²) in [5.41, 5.74) is 3.95. The lowest BCUT2D eigenvalue weighted by molar-refractivity contribution is -0.121. The Morgan fingerprint density at radius 2 is 2.04 bits per heavy atom. The standard InChI is InChI=1S/C20H21BrN2O2/c1-13-11-16(21)8-9-18(13)23(2)19(24)10-7-15-12-14-5-3-4-6-17(14)22-20(15)25/h3-6,8-9,11,15H,7,10,12H2,1-2H3,(H,22,25). The second-order valence-electron chi connectivity index (χ2n) is 6.47. The smallest absolute Gasteiger partial charge is 0.227 e. The van der Waals surface area contributed by atoms with Crippen LogP contribution >= 0.6 is 15.9 Å². The second-order valence-corrected chi connectivity index (χ2v) is 7.39. The zero-order valence-corrected chi connectivity index (χ0v) is 16.0. The molecule has 0 spiro atoms. The Morgan fingerprint density at radius 1 is 1.28 bits per heavy atom. The van der Waals surface area contributed by atoms with Crippen LogP contribution in [0.5, 0.6) is 0 Å². The summed E-state index contributed by atoms with van der Waals surface area (Å²) in [5.74, 6) is -0.121. The van der Waals surface area contributed by atoms with Gasteiger partial charge in [0.2, 0.25) is 11.8 Å². The van der Waals surface area contributed by atoms with Crippen LogP contribution in [0.3, 0.4) is 0 Å². The first-order chi connectivity index (χ1) is 12.0. The first kappa shape index (κ1) is 17.7. The van der Waals surface area contributed by atoms with Crippen molar-refractivity contribution in [1.29, 1.82) is 0 Å². The van der Waals surface area contributed by atoms with Crippen molar-refractivity contribution < 1.29 is 9.59 Å². The number of rotatable bonds is 4. The first-order valence-electron chi connectivity index (χ1n) is 8.37. The van der Waals surface area contributed by atoms with Gasteiger partial charge < -0.3 is 10.2 Å². The van der Waals surface area contributed by atoms with Gasteiger partial charge in [0.1, 0.15) is 0 Å². The summed E-state index contributed by atoms with van der Waals surface area (Å²) in [4.78, 5) is 26.5. The molecular weight excluding hydrogens is 380 g/mol. The molecule has 2 amide bonds. The Labute approximate surface area is 156 Å². The van der Waals surface area contributed by atoms with E-state index in [0.717, 1.165) is 27.0 Å². The van der Waals surface area contributed by atoms with E-state index in [0.29, 0.717) is 19.3 Å². The highest BCUT2D eigenvalue weighted by Gasteiger charge is 2.27. The van der Waals surface area contributed by atoms with Crippen molar-refractivity contribution >= 4 is 39.1 Å². The molecule has 0 saturated heterocycles. The molecule has 2 aromatic rings. The fourth-order valence-corrected chi connectivity index (χ4v) is 3.72. The van der Waals surface area contributed by atoms with Gasteiger partial charge in [-0.05, 0) is 55.2 Å². The molecule has 1 unspecified atom stereocenters. The van der Waals surface area contributed by atoms with Crippen LogP contribution in [-0.4, -0.2) is 18.9 Å². The fraction of sp³-hybridized carbons (Fsp3) is 0.300. The van der Waals surface area contributed by atoms with Crippen LogP contribution in [-0.2, 0) is 16.0 Å². The van der Waals surface area contributed by atoms with E-state index >= 15 is 0 Å². The minimum absolute atomic E-state index is 0.00831. The molecule has 1 heterocycles. The Hall–Kier alpha value is -2.14. The number of amides is 2. The SMILES string of the molecule is Cc1cc(Br)ccc1N(C)C(=O)CCC1Cc2ccccc2NC1=O. The van der Waals surface area contributed by atoms with Gasteiger partial charge in [-0.3, -0.25) is 9.59 Å². The van der Waals surface area contributed by atoms with Gasteiger partial charge >= 0.3 is 0 Å². The van der Waals surface area contributed by atoms with E-state index in [2.05, 4.69) is 21.2 Å². The van der Waals surface area contributed by atoms with Crippen LogP contribution in [0.4, 0.5) is 11.4 Å². The van der Waals surface area contributed by atoms with Crippen molar-refractivity contribution in [1.82, 2.24) is 0 Å². The fourth-order valence-electron chi connectivity index (χ4n) is 3.24. The third-order valence-electron chi connectivity index (χ3n) is 4.71. The Balaban J connectivity index is 1.63. The van der Waals surface area contributed by atoms with Gasteiger partial charge in [0.05, 0.1) is 0 Å². The van der Waals surface area contributed by atoms with Gasteiger partial charge in [0, 0.05) is 35.2 Å². The summed E-state index contributed by atoms with van der Waals surface area (Å²) in [6.45, 7) is 1.98. The number of anilines is 2. The number of benzene rings is 2. The van der Waals surface area contributed by atoms with E-state index in [1.807, 2.05) is 49.4 Å². The quantitative estimate of drug-likeness (QED) is 0.830. The van der Waals surface area contributed by atoms with Gasteiger partial charge in [0.15, 0.2) is 0 Å². The van der Waals surface area contributed by atoms with E-state index in [9.17, 15) is 9.59 Å². The molecule has 1 aliphatic heterocycles. The third-order valence-corrected chi connectivity index (χ3v) is 5.21. The van der Waals surface area contributed by atoms with Gasteiger partial charge in [-0.1, -0.05) is 34.1 Å². The number of hydrogen-bond donors (Lipinski definition) is 1. The molecule has 3 rings (SSSR count). The lowest BCUT2D eigenvalue weighted by atomic mass is 9.89. The van der Waals surface area contributed by atoms with Gasteiger partial charge in [-0.25, -0.2) is 0 Å². The average molecular weight is 401 g/mol. The van der Waals surface area contributed by atoms with E-state index in [4.69, 9.17) is 0 Å². The van der Waals surface area contributed by atoms with Crippen LogP contribution in [0, 0.1) is 12.8 Å². The molecule has 0 aromatic heterocycles. The Kier molecular flexibility index (Phi) is 5.23. The minimum atomic E-state index is -0.154. The van der Waals surface area contributed by atoms with Crippen LogP contribution < -0.4 is 10.2 Å². The number of halogens is 1. The highest BCUT2D eigenvalue weighted by molar-refractivity contribution is 9.10. The van der Waals surface area contributed by atoms with Gasteiger partial charge in [-0.15, -0.1) is 0 Å². The van der Waals surface area contributed by atoms with E-state index in [1.54, 1.807) is 11.9 Å². The first-order valence-corrected chi connectivity index (χ1v) is 9.16.